The Balaban J connectivity index is 2.32. The topological polar surface area (TPSA) is 87.7 Å². The van der Waals surface area contributed by atoms with Gasteiger partial charge in [0.1, 0.15) is 5.82 Å². The molecule has 0 heterocycles. The van der Waals surface area contributed by atoms with Crippen molar-refractivity contribution in [2.75, 3.05) is 5.32 Å². The van der Waals surface area contributed by atoms with Gasteiger partial charge in [0, 0.05) is 16.1 Å². The van der Waals surface area contributed by atoms with E-state index in [1.165, 1.54) is 36.4 Å². The molecule has 7 heteroatoms. The van der Waals surface area contributed by atoms with Crippen LogP contribution in [-0.2, 0) is 0 Å². The van der Waals surface area contributed by atoms with Crippen LogP contribution in [0.15, 0.2) is 47.6 Å². The molecule has 0 aromatic heterocycles. The van der Waals surface area contributed by atoms with Crippen molar-refractivity contribution in [3.05, 3.63) is 64.4 Å². The van der Waals surface area contributed by atoms with E-state index in [0.717, 1.165) is 0 Å². The van der Waals surface area contributed by atoms with Gasteiger partial charge in [-0.25, -0.2) is 4.39 Å². The molecule has 21 heavy (non-hydrogen) atoms. The van der Waals surface area contributed by atoms with E-state index in [1.807, 2.05) is 0 Å². The molecule has 2 rings (SSSR count). The maximum atomic E-state index is 12.8. The van der Waals surface area contributed by atoms with Crippen molar-refractivity contribution >= 4 is 29.0 Å². The first-order valence-electron chi connectivity index (χ1n) is 5.85. The molecule has 2 aromatic carbocycles. The number of nitrogens with two attached hydrogens (primary N) is 1. The molecule has 0 radical (unpaired) electrons. The second-order valence-electron chi connectivity index (χ2n) is 4.14. The van der Waals surface area contributed by atoms with Crippen molar-refractivity contribution in [1.82, 2.24) is 0 Å². The normalized spacial score (nSPS) is 11.2. The third-order valence-corrected chi connectivity index (χ3v) is 2.96. The third kappa shape index (κ3) is 3.49. The average Bonchev–Trinajstić information content (AvgIpc) is 2.47. The monoisotopic (exact) mass is 307 g/mol. The largest absolute Gasteiger partial charge is 0.409 e. The number of amidine groups is 1. The molecule has 0 bridgehead atoms. The molecule has 0 aliphatic heterocycles. The summed E-state index contributed by atoms with van der Waals surface area (Å²) in [7, 11) is 0. The fourth-order valence-corrected chi connectivity index (χ4v) is 1.86. The van der Waals surface area contributed by atoms with Gasteiger partial charge in [-0.2, -0.15) is 0 Å². The molecule has 5 nitrogen and oxygen atoms in total. The summed E-state index contributed by atoms with van der Waals surface area (Å²) in [6.07, 6.45) is 0. The van der Waals surface area contributed by atoms with E-state index in [-0.39, 0.29) is 17.1 Å². The van der Waals surface area contributed by atoms with Crippen LogP contribution in [0.4, 0.5) is 10.1 Å². The summed E-state index contributed by atoms with van der Waals surface area (Å²) in [5.74, 6) is -1.07. The number of amides is 1. The lowest BCUT2D eigenvalue weighted by Crippen LogP contribution is -2.19. The summed E-state index contributed by atoms with van der Waals surface area (Å²) in [5.41, 5.74) is 6.40. The first-order chi connectivity index (χ1) is 10.0. The maximum absolute atomic E-state index is 12.8. The number of hydrogen-bond acceptors (Lipinski definition) is 3. The number of benzene rings is 2. The third-order valence-electron chi connectivity index (χ3n) is 2.72. The zero-order valence-corrected chi connectivity index (χ0v) is 11.4. The molecule has 0 spiro atoms. The Morgan fingerprint density at radius 2 is 1.90 bits per heavy atom. The van der Waals surface area contributed by atoms with Gasteiger partial charge in [-0.1, -0.05) is 16.8 Å². The van der Waals surface area contributed by atoms with Gasteiger partial charge in [-0.05, 0) is 42.5 Å². The Kier molecular flexibility index (Phi) is 4.39. The molecule has 0 saturated carbocycles. The molecule has 0 aliphatic carbocycles. The summed E-state index contributed by atoms with van der Waals surface area (Å²) in [6, 6.07) is 9.57. The Labute approximate surface area is 124 Å². The van der Waals surface area contributed by atoms with E-state index in [4.69, 9.17) is 22.5 Å². The highest BCUT2D eigenvalue weighted by atomic mass is 35.5. The fraction of sp³-hybridized carbons (Fsp3) is 0. The van der Waals surface area contributed by atoms with Crippen LogP contribution in [0.25, 0.3) is 0 Å². The lowest BCUT2D eigenvalue weighted by Gasteiger charge is -2.10. The van der Waals surface area contributed by atoms with E-state index >= 15 is 0 Å². The van der Waals surface area contributed by atoms with Crippen LogP contribution in [-0.4, -0.2) is 17.0 Å². The molecule has 0 saturated heterocycles. The number of halogens is 2. The zero-order valence-electron chi connectivity index (χ0n) is 10.7. The van der Waals surface area contributed by atoms with Crippen LogP contribution < -0.4 is 11.1 Å². The number of nitrogens with zero attached hydrogens (tertiary/aromatic N) is 1. The predicted molar refractivity (Wildman–Crippen MR) is 78.3 cm³/mol. The number of rotatable bonds is 3. The summed E-state index contributed by atoms with van der Waals surface area (Å²) in [5, 5.41) is 14.6. The first-order valence-corrected chi connectivity index (χ1v) is 6.23. The van der Waals surface area contributed by atoms with E-state index in [2.05, 4.69) is 10.5 Å². The van der Waals surface area contributed by atoms with E-state index in [1.54, 1.807) is 6.07 Å². The molecule has 0 atom stereocenters. The Morgan fingerprint density at radius 3 is 2.52 bits per heavy atom. The van der Waals surface area contributed by atoms with Crippen LogP contribution in [0, 0.1) is 5.82 Å². The second kappa shape index (κ2) is 6.23. The van der Waals surface area contributed by atoms with E-state index in [9.17, 15) is 9.18 Å². The van der Waals surface area contributed by atoms with Crippen molar-refractivity contribution in [3.8, 4) is 0 Å². The molecule has 4 N–H and O–H groups in total. The highest BCUT2D eigenvalue weighted by molar-refractivity contribution is 6.31. The summed E-state index contributed by atoms with van der Waals surface area (Å²) in [4.78, 5) is 12.1. The Morgan fingerprint density at radius 1 is 1.24 bits per heavy atom. The quantitative estimate of drug-likeness (QED) is 0.352. The first kappa shape index (κ1) is 14.8. The SMILES string of the molecule is NC(=NO)c1ccc(Cl)cc1NC(=O)c1ccc(F)cc1. The van der Waals surface area contributed by atoms with Gasteiger partial charge in [0.15, 0.2) is 5.84 Å². The smallest absolute Gasteiger partial charge is 0.255 e. The number of carbonyl (C=O) groups excluding carboxylic acids is 1. The minimum atomic E-state index is -0.468. The molecular weight excluding hydrogens is 297 g/mol. The molecule has 0 unspecified atom stereocenters. The van der Waals surface area contributed by atoms with Gasteiger partial charge in [-0.3, -0.25) is 4.79 Å². The van der Waals surface area contributed by atoms with Gasteiger partial charge >= 0.3 is 0 Å². The Bertz CT molecular complexity index is 702. The molecule has 0 aliphatic rings. The minimum Gasteiger partial charge on any atom is -0.409 e. The lowest BCUT2D eigenvalue weighted by molar-refractivity contribution is 0.102. The Hall–Kier alpha value is -2.60. The van der Waals surface area contributed by atoms with Crippen LogP contribution >= 0.6 is 11.6 Å². The summed E-state index contributed by atoms with van der Waals surface area (Å²) >= 11 is 5.87. The standard InChI is InChI=1S/C14H11ClFN3O2/c15-9-3-6-11(13(17)19-21)12(7-9)18-14(20)8-1-4-10(16)5-2-8/h1-7,21H,(H2,17,19)(H,18,20). The number of nitrogens with one attached hydrogen (secondary N) is 1. The second-order valence-corrected chi connectivity index (χ2v) is 4.57. The van der Waals surface area contributed by atoms with Crippen LogP contribution in [0.5, 0.6) is 0 Å². The number of anilines is 1. The van der Waals surface area contributed by atoms with Crippen molar-refractivity contribution < 1.29 is 14.4 Å². The summed E-state index contributed by atoms with van der Waals surface area (Å²) in [6.45, 7) is 0. The fourth-order valence-electron chi connectivity index (χ4n) is 1.69. The van der Waals surface area contributed by atoms with Crippen molar-refractivity contribution in [2.45, 2.75) is 0 Å². The lowest BCUT2D eigenvalue weighted by atomic mass is 10.1. The average molecular weight is 308 g/mol. The highest BCUT2D eigenvalue weighted by Gasteiger charge is 2.12. The summed E-state index contributed by atoms with van der Waals surface area (Å²) < 4.78 is 12.8. The van der Waals surface area contributed by atoms with Gasteiger partial charge in [0.2, 0.25) is 0 Å². The van der Waals surface area contributed by atoms with Crippen LogP contribution in [0.2, 0.25) is 5.02 Å². The maximum Gasteiger partial charge on any atom is 0.255 e. The molecular formula is C14H11ClFN3O2. The van der Waals surface area contributed by atoms with Crippen molar-refractivity contribution in [3.63, 3.8) is 0 Å². The highest BCUT2D eigenvalue weighted by Crippen LogP contribution is 2.21. The molecule has 2 aromatic rings. The van der Waals surface area contributed by atoms with Crippen molar-refractivity contribution in [2.24, 2.45) is 10.9 Å². The van der Waals surface area contributed by atoms with Gasteiger partial charge in [0.05, 0.1) is 5.69 Å². The number of carbonyl (C=O) groups is 1. The van der Waals surface area contributed by atoms with Gasteiger partial charge < -0.3 is 16.3 Å². The van der Waals surface area contributed by atoms with Crippen molar-refractivity contribution in [1.29, 1.82) is 0 Å². The minimum absolute atomic E-state index is 0.166. The van der Waals surface area contributed by atoms with E-state index < -0.39 is 11.7 Å². The van der Waals surface area contributed by atoms with E-state index in [0.29, 0.717) is 10.6 Å². The van der Waals surface area contributed by atoms with Gasteiger partial charge in [0.25, 0.3) is 5.91 Å². The van der Waals surface area contributed by atoms with Crippen LogP contribution in [0.1, 0.15) is 15.9 Å². The predicted octanol–water partition coefficient (Wildman–Crippen LogP) is 2.83. The number of oxime groups is 1. The number of hydrogen-bond donors (Lipinski definition) is 3. The molecule has 0 fully saturated rings. The molecule has 1 amide bonds. The zero-order chi connectivity index (χ0) is 15.4. The van der Waals surface area contributed by atoms with Crippen LogP contribution in [0.3, 0.4) is 0 Å². The molecule has 108 valence electrons. The van der Waals surface area contributed by atoms with Gasteiger partial charge in [-0.15, -0.1) is 0 Å².